The fraction of sp³-hybridized carbons (Fsp3) is 0. The number of nitrogens with one attached hydrogen (secondary N) is 2. The lowest BCUT2D eigenvalue weighted by atomic mass is 10.2. The molecule has 0 radical (unpaired) electrons. The van der Waals surface area contributed by atoms with Crippen LogP contribution in [0.1, 0.15) is 10.5 Å². The van der Waals surface area contributed by atoms with Gasteiger partial charge in [0.1, 0.15) is 11.5 Å². The van der Waals surface area contributed by atoms with Crippen LogP contribution in [0.25, 0.3) is 10.9 Å². The number of carbonyl (C=O) groups is 1. The summed E-state index contributed by atoms with van der Waals surface area (Å²) < 4.78 is 0. The first-order valence-electron chi connectivity index (χ1n) is 6.36. The predicted molar refractivity (Wildman–Crippen MR) is 81.7 cm³/mol. The molecule has 6 nitrogen and oxygen atoms in total. The van der Waals surface area contributed by atoms with E-state index in [-0.39, 0.29) is 11.6 Å². The van der Waals surface area contributed by atoms with E-state index in [2.05, 4.69) is 20.7 Å². The van der Waals surface area contributed by atoms with Crippen LogP contribution in [0.4, 0.5) is 11.5 Å². The van der Waals surface area contributed by atoms with E-state index >= 15 is 0 Å². The van der Waals surface area contributed by atoms with Crippen LogP contribution in [0.5, 0.6) is 0 Å². The minimum absolute atomic E-state index is 0.276. The number of pyridine rings is 2. The number of nitrogens with two attached hydrogens (primary N) is 1. The Morgan fingerprint density at radius 3 is 2.81 bits per heavy atom. The average molecular weight is 279 g/mol. The van der Waals surface area contributed by atoms with Crippen molar-refractivity contribution < 1.29 is 4.79 Å². The first kappa shape index (κ1) is 13.0. The molecule has 0 fully saturated rings. The molecule has 1 aromatic carbocycles. The fourth-order valence-electron chi connectivity index (χ4n) is 1.98. The first-order valence-corrected chi connectivity index (χ1v) is 6.36. The number of hydrogen-bond acceptors (Lipinski definition) is 5. The van der Waals surface area contributed by atoms with Gasteiger partial charge in [-0.25, -0.2) is 10.8 Å². The molecule has 0 spiro atoms. The molecule has 21 heavy (non-hydrogen) atoms. The van der Waals surface area contributed by atoms with Crippen LogP contribution < -0.4 is 16.6 Å². The van der Waals surface area contributed by atoms with Gasteiger partial charge in [-0.3, -0.25) is 9.78 Å². The highest BCUT2D eigenvalue weighted by Crippen LogP contribution is 2.16. The Morgan fingerprint density at radius 2 is 1.95 bits per heavy atom. The Morgan fingerprint density at radius 1 is 1.10 bits per heavy atom. The third-order valence-electron chi connectivity index (χ3n) is 2.98. The molecule has 4 N–H and O–H groups in total. The Labute approximate surface area is 121 Å². The van der Waals surface area contributed by atoms with Crippen molar-refractivity contribution in [2.24, 2.45) is 5.84 Å². The number of hydrazine groups is 1. The van der Waals surface area contributed by atoms with Gasteiger partial charge < -0.3 is 10.7 Å². The number of carbonyl (C=O) groups excluding carboxylic acids is 1. The summed E-state index contributed by atoms with van der Waals surface area (Å²) in [5.41, 5.74) is 4.18. The van der Waals surface area contributed by atoms with E-state index in [0.717, 1.165) is 10.9 Å². The molecular formula is C15H13N5O. The average Bonchev–Trinajstić information content (AvgIpc) is 2.54. The highest BCUT2D eigenvalue weighted by Gasteiger charge is 2.09. The van der Waals surface area contributed by atoms with Gasteiger partial charge >= 0.3 is 0 Å². The predicted octanol–water partition coefficient (Wildman–Crippen LogP) is 2.17. The van der Waals surface area contributed by atoms with E-state index in [1.165, 1.54) is 0 Å². The van der Waals surface area contributed by atoms with Crippen molar-refractivity contribution in [3.8, 4) is 0 Å². The molecule has 6 heteroatoms. The molecule has 0 unspecified atom stereocenters. The second-order valence-electron chi connectivity index (χ2n) is 4.42. The molecule has 3 rings (SSSR count). The molecule has 0 saturated heterocycles. The summed E-state index contributed by atoms with van der Waals surface area (Å²) in [6.07, 6.45) is 1.62. The highest BCUT2D eigenvalue weighted by atomic mass is 16.1. The number of amides is 1. The number of fused-ring (bicyclic) bond motifs is 1. The van der Waals surface area contributed by atoms with Crippen LogP contribution >= 0.6 is 0 Å². The Kier molecular flexibility index (Phi) is 3.44. The number of anilines is 2. The standard InChI is InChI=1S/C15H13N5O/c16-20-14-7-3-6-13(19-14)15(21)18-11-8-10-4-1-2-5-12(10)17-9-11/h1-9H,16H2,(H,18,21)(H,19,20). The summed E-state index contributed by atoms with van der Waals surface area (Å²) in [6, 6.07) is 14.6. The Bertz CT molecular complexity index is 803. The maximum absolute atomic E-state index is 12.1. The minimum atomic E-state index is -0.316. The van der Waals surface area contributed by atoms with Gasteiger partial charge in [-0.15, -0.1) is 0 Å². The quantitative estimate of drug-likeness (QED) is 0.504. The van der Waals surface area contributed by atoms with Crippen LogP contribution in [0.15, 0.2) is 54.7 Å². The summed E-state index contributed by atoms with van der Waals surface area (Å²) in [5, 5.41) is 3.73. The van der Waals surface area contributed by atoms with Crippen LogP contribution in [0.2, 0.25) is 0 Å². The van der Waals surface area contributed by atoms with Crippen LogP contribution in [0.3, 0.4) is 0 Å². The van der Waals surface area contributed by atoms with Crippen LogP contribution in [-0.2, 0) is 0 Å². The monoisotopic (exact) mass is 279 g/mol. The number of nitrogen functional groups attached to an aromatic ring is 1. The zero-order valence-corrected chi connectivity index (χ0v) is 11.1. The van der Waals surface area contributed by atoms with Crippen LogP contribution in [-0.4, -0.2) is 15.9 Å². The SMILES string of the molecule is NNc1cccc(C(=O)Nc2cnc3ccccc3c2)n1. The summed E-state index contributed by atoms with van der Waals surface area (Å²) in [7, 11) is 0. The van der Waals surface area contributed by atoms with Crippen molar-refractivity contribution in [3.05, 3.63) is 60.4 Å². The van der Waals surface area contributed by atoms with Gasteiger partial charge in [0.25, 0.3) is 5.91 Å². The summed E-state index contributed by atoms with van der Waals surface area (Å²) >= 11 is 0. The third kappa shape index (κ3) is 2.80. The van der Waals surface area contributed by atoms with E-state index in [0.29, 0.717) is 11.5 Å². The van der Waals surface area contributed by atoms with E-state index in [4.69, 9.17) is 5.84 Å². The second-order valence-corrected chi connectivity index (χ2v) is 4.42. The van der Waals surface area contributed by atoms with Crippen molar-refractivity contribution in [2.45, 2.75) is 0 Å². The molecule has 1 amide bonds. The van der Waals surface area contributed by atoms with Gasteiger partial charge in [0.05, 0.1) is 17.4 Å². The van der Waals surface area contributed by atoms with E-state index in [9.17, 15) is 4.79 Å². The molecule has 0 atom stereocenters. The van der Waals surface area contributed by atoms with Gasteiger partial charge in [0.2, 0.25) is 0 Å². The minimum Gasteiger partial charge on any atom is -0.319 e. The Balaban J connectivity index is 1.85. The smallest absolute Gasteiger partial charge is 0.274 e. The summed E-state index contributed by atoms with van der Waals surface area (Å²) in [6.45, 7) is 0. The molecule has 0 aliphatic rings. The topological polar surface area (TPSA) is 92.9 Å². The molecule has 0 aliphatic carbocycles. The van der Waals surface area contributed by atoms with Gasteiger partial charge in [0, 0.05) is 5.39 Å². The van der Waals surface area contributed by atoms with E-state index in [1.807, 2.05) is 30.3 Å². The van der Waals surface area contributed by atoms with Crippen molar-refractivity contribution >= 4 is 28.3 Å². The highest BCUT2D eigenvalue weighted by molar-refractivity contribution is 6.03. The zero-order valence-electron chi connectivity index (χ0n) is 11.1. The van der Waals surface area contributed by atoms with Crippen molar-refractivity contribution in [1.29, 1.82) is 0 Å². The number of benzene rings is 1. The summed E-state index contributed by atoms with van der Waals surface area (Å²) in [5.74, 6) is 5.39. The normalized spacial score (nSPS) is 10.3. The van der Waals surface area contributed by atoms with Gasteiger partial charge in [-0.1, -0.05) is 24.3 Å². The number of para-hydroxylation sites is 1. The third-order valence-corrected chi connectivity index (χ3v) is 2.98. The lowest BCUT2D eigenvalue weighted by Gasteiger charge is -2.06. The first-order chi connectivity index (χ1) is 10.3. The van der Waals surface area contributed by atoms with Crippen molar-refractivity contribution in [3.63, 3.8) is 0 Å². The molecule has 2 aromatic heterocycles. The zero-order chi connectivity index (χ0) is 14.7. The molecule has 0 bridgehead atoms. The van der Waals surface area contributed by atoms with E-state index in [1.54, 1.807) is 24.4 Å². The van der Waals surface area contributed by atoms with Crippen molar-refractivity contribution in [2.75, 3.05) is 10.7 Å². The lowest BCUT2D eigenvalue weighted by Crippen LogP contribution is -2.16. The Hall–Kier alpha value is -2.99. The van der Waals surface area contributed by atoms with Gasteiger partial charge in [-0.2, -0.15) is 0 Å². The fourth-order valence-corrected chi connectivity index (χ4v) is 1.98. The largest absolute Gasteiger partial charge is 0.319 e. The van der Waals surface area contributed by atoms with Crippen molar-refractivity contribution in [1.82, 2.24) is 9.97 Å². The molecular weight excluding hydrogens is 266 g/mol. The molecule has 2 heterocycles. The number of aromatic nitrogens is 2. The van der Waals surface area contributed by atoms with Gasteiger partial charge in [0.15, 0.2) is 0 Å². The molecule has 0 saturated carbocycles. The van der Waals surface area contributed by atoms with Crippen LogP contribution in [0, 0.1) is 0 Å². The number of rotatable bonds is 3. The van der Waals surface area contributed by atoms with E-state index < -0.39 is 0 Å². The maximum atomic E-state index is 12.1. The van der Waals surface area contributed by atoms with Gasteiger partial charge in [-0.05, 0) is 24.3 Å². The number of nitrogens with zero attached hydrogens (tertiary/aromatic N) is 2. The maximum Gasteiger partial charge on any atom is 0.274 e. The lowest BCUT2D eigenvalue weighted by molar-refractivity contribution is 0.102. The molecule has 0 aliphatic heterocycles. The summed E-state index contributed by atoms with van der Waals surface area (Å²) in [4.78, 5) is 20.5. The molecule has 3 aromatic rings. The molecule has 104 valence electrons. The number of hydrogen-bond donors (Lipinski definition) is 3. The second kappa shape index (κ2) is 5.56.